The third-order valence-corrected chi connectivity index (χ3v) is 3.36. The second-order valence-electron chi connectivity index (χ2n) is 5.12. The summed E-state index contributed by atoms with van der Waals surface area (Å²) in [6.07, 6.45) is 3.15. The van der Waals surface area contributed by atoms with Gasteiger partial charge in [-0.2, -0.15) is 0 Å². The van der Waals surface area contributed by atoms with Crippen LogP contribution in [0, 0.1) is 5.92 Å². The Morgan fingerprint density at radius 3 is 2.32 bits per heavy atom. The first-order valence-electron chi connectivity index (χ1n) is 6.79. The molecule has 1 aliphatic heterocycles. The Morgan fingerprint density at radius 2 is 1.74 bits per heavy atom. The predicted octanol–water partition coefficient (Wildman–Crippen LogP) is 1.60. The van der Waals surface area contributed by atoms with E-state index >= 15 is 0 Å². The van der Waals surface area contributed by atoms with E-state index in [0.29, 0.717) is 31.8 Å². The molecule has 6 nitrogen and oxygen atoms in total. The maximum atomic E-state index is 11.8. The van der Waals surface area contributed by atoms with Crippen LogP contribution in [0.25, 0.3) is 0 Å². The summed E-state index contributed by atoms with van der Waals surface area (Å²) < 4.78 is 0. The molecule has 3 amide bonds. The number of amides is 3. The quantitative estimate of drug-likeness (QED) is 0.743. The van der Waals surface area contributed by atoms with Crippen molar-refractivity contribution < 1.29 is 19.5 Å². The first-order valence-corrected chi connectivity index (χ1v) is 6.79. The zero-order valence-corrected chi connectivity index (χ0v) is 11.4. The third-order valence-electron chi connectivity index (χ3n) is 3.36. The standard InChI is InChI=1S/C13H22N2O4/c1-10-6-8-15(9-7-10)13(19)14-11(16)4-2-3-5-12(17)18/h10H,2-9H2,1H3,(H,17,18)(H,14,16,19). The molecule has 6 heteroatoms. The fraction of sp³-hybridized carbons (Fsp3) is 0.769. The number of rotatable bonds is 5. The Balaban J connectivity index is 2.17. The molecule has 0 saturated carbocycles. The van der Waals surface area contributed by atoms with E-state index in [1.807, 2.05) is 0 Å². The summed E-state index contributed by atoms with van der Waals surface area (Å²) in [6, 6.07) is -0.324. The molecule has 1 saturated heterocycles. The van der Waals surface area contributed by atoms with Gasteiger partial charge in [-0.15, -0.1) is 0 Å². The highest BCUT2D eigenvalue weighted by Crippen LogP contribution is 2.15. The Kier molecular flexibility index (Phi) is 6.32. The van der Waals surface area contributed by atoms with Crippen molar-refractivity contribution in [1.82, 2.24) is 10.2 Å². The number of carbonyl (C=O) groups excluding carboxylic acids is 2. The average Bonchev–Trinajstić information content (AvgIpc) is 2.35. The molecule has 0 aromatic carbocycles. The molecule has 0 atom stereocenters. The molecule has 0 bridgehead atoms. The summed E-state index contributed by atoms with van der Waals surface area (Å²) in [5.41, 5.74) is 0. The molecular weight excluding hydrogens is 248 g/mol. The summed E-state index contributed by atoms with van der Waals surface area (Å²) in [7, 11) is 0. The molecule has 0 aliphatic carbocycles. The van der Waals surface area contributed by atoms with E-state index in [9.17, 15) is 14.4 Å². The van der Waals surface area contributed by atoms with E-state index in [4.69, 9.17) is 5.11 Å². The topological polar surface area (TPSA) is 86.7 Å². The summed E-state index contributed by atoms with van der Waals surface area (Å²) in [5.74, 6) is -0.552. The van der Waals surface area contributed by atoms with Crippen molar-refractivity contribution in [3.8, 4) is 0 Å². The number of carbonyl (C=O) groups is 3. The molecule has 2 N–H and O–H groups in total. The molecule has 1 fully saturated rings. The van der Waals surface area contributed by atoms with Gasteiger partial charge in [0.05, 0.1) is 0 Å². The maximum absolute atomic E-state index is 11.8. The van der Waals surface area contributed by atoms with Crippen molar-refractivity contribution >= 4 is 17.9 Å². The number of nitrogens with zero attached hydrogens (tertiary/aromatic N) is 1. The Bertz CT molecular complexity index is 336. The lowest BCUT2D eigenvalue weighted by Crippen LogP contribution is -2.46. The monoisotopic (exact) mass is 270 g/mol. The van der Waals surface area contributed by atoms with E-state index in [1.165, 1.54) is 0 Å². The van der Waals surface area contributed by atoms with E-state index < -0.39 is 5.97 Å². The SMILES string of the molecule is CC1CCN(C(=O)NC(=O)CCCCC(=O)O)CC1. The van der Waals surface area contributed by atoms with E-state index in [2.05, 4.69) is 12.2 Å². The van der Waals surface area contributed by atoms with Crippen LogP contribution in [-0.4, -0.2) is 41.0 Å². The van der Waals surface area contributed by atoms with Crippen LogP contribution in [0.4, 0.5) is 4.79 Å². The van der Waals surface area contributed by atoms with Crippen LogP contribution in [0.5, 0.6) is 0 Å². The lowest BCUT2D eigenvalue weighted by molar-refractivity contribution is -0.137. The molecule has 1 rings (SSSR count). The molecule has 19 heavy (non-hydrogen) atoms. The number of hydrogen-bond donors (Lipinski definition) is 2. The normalized spacial score (nSPS) is 16.2. The number of piperidine rings is 1. The van der Waals surface area contributed by atoms with E-state index in [-0.39, 0.29) is 24.8 Å². The number of carboxylic acid groups (broad SMARTS) is 1. The van der Waals surface area contributed by atoms with Crippen molar-refractivity contribution in [3.63, 3.8) is 0 Å². The first-order chi connectivity index (χ1) is 8.99. The van der Waals surface area contributed by atoms with Gasteiger partial charge in [0.2, 0.25) is 5.91 Å². The highest BCUT2D eigenvalue weighted by Gasteiger charge is 2.21. The van der Waals surface area contributed by atoms with Crippen LogP contribution in [0.3, 0.4) is 0 Å². The van der Waals surface area contributed by atoms with E-state index in [0.717, 1.165) is 12.8 Å². The third kappa shape index (κ3) is 6.22. The fourth-order valence-electron chi connectivity index (χ4n) is 2.03. The lowest BCUT2D eigenvalue weighted by Gasteiger charge is -2.29. The summed E-state index contributed by atoms with van der Waals surface area (Å²) in [5, 5.41) is 10.8. The fourth-order valence-corrected chi connectivity index (χ4v) is 2.03. The molecule has 0 spiro atoms. The van der Waals surface area contributed by atoms with Crippen LogP contribution < -0.4 is 5.32 Å². The number of hydrogen-bond acceptors (Lipinski definition) is 3. The van der Waals surface area contributed by atoms with Gasteiger partial charge in [0.25, 0.3) is 0 Å². The van der Waals surface area contributed by atoms with Crippen LogP contribution in [0.2, 0.25) is 0 Å². The van der Waals surface area contributed by atoms with Crippen LogP contribution >= 0.6 is 0 Å². The highest BCUT2D eigenvalue weighted by molar-refractivity contribution is 5.94. The number of nitrogens with one attached hydrogen (secondary N) is 1. The number of aliphatic carboxylic acids is 1. The molecule has 0 unspecified atom stereocenters. The molecule has 1 heterocycles. The Morgan fingerprint density at radius 1 is 1.16 bits per heavy atom. The van der Waals surface area contributed by atoms with Crippen LogP contribution in [-0.2, 0) is 9.59 Å². The highest BCUT2D eigenvalue weighted by atomic mass is 16.4. The van der Waals surface area contributed by atoms with Gasteiger partial charge in [-0.3, -0.25) is 14.9 Å². The molecule has 108 valence electrons. The molecule has 1 aliphatic rings. The lowest BCUT2D eigenvalue weighted by atomic mass is 10.00. The van der Waals surface area contributed by atoms with Gasteiger partial charge in [0.1, 0.15) is 0 Å². The number of carboxylic acids is 1. The second kappa shape index (κ2) is 7.76. The van der Waals surface area contributed by atoms with Crippen molar-refractivity contribution in [1.29, 1.82) is 0 Å². The minimum atomic E-state index is -0.862. The van der Waals surface area contributed by atoms with Crippen molar-refractivity contribution in [2.75, 3.05) is 13.1 Å². The van der Waals surface area contributed by atoms with Gasteiger partial charge in [0, 0.05) is 25.9 Å². The largest absolute Gasteiger partial charge is 0.481 e. The van der Waals surface area contributed by atoms with Crippen molar-refractivity contribution in [3.05, 3.63) is 0 Å². The summed E-state index contributed by atoms with van der Waals surface area (Å²) >= 11 is 0. The summed E-state index contributed by atoms with van der Waals surface area (Å²) in [6.45, 7) is 3.54. The Hall–Kier alpha value is -1.59. The summed E-state index contributed by atoms with van der Waals surface area (Å²) in [4.78, 5) is 35.2. The zero-order valence-electron chi connectivity index (χ0n) is 11.4. The average molecular weight is 270 g/mol. The number of urea groups is 1. The van der Waals surface area contributed by atoms with Gasteiger partial charge in [-0.1, -0.05) is 6.92 Å². The van der Waals surface area contributed by atoms with Gasteiger partial charge in [-0.25, -0.2) is 4.79 Å². The number of imide groups is 1. The number of likely N-dealkylation sites (tertiary alicyclic amines) is 1. The smallest absolute Gasteiger partial charge is 0.324 e. The zero-order chi connectivity index (χ0) is 14.3. The van der Waals surface area contributed by atoms with Crippen LogP contribution in [0.15, 0.2) is 0 Å². The minimum Gasteiger partial charge on any atom is -0.481 e. The molecule has 0 aromatic heterocycles. The van der Waals surface area contributed by atoms with Gasteiger partial charge in [0.15, 0.2) is 0 Å². The van der Waals surface area contributed by atoms with Gasteiger partial charge in [-0.05, 0) is 31.6 Å². The molecule has 0 radical (unpaired) electrons. The minimum absolute atomic E-state index is 0.0608. The van der Waals surface area contributed by atoms with E-state index in [1.54, 1.807) is 4.90 Å². The maximum Gasteiger partial charge on any atom is 0.324 e. The van der Waals surface area contributed by atoms with Crippen molar-refractivity contribution in [2.45, 2.75) is 45.4 Å². The molecular formula is C13H22N2O4. The van der Waals surface area contributed by atoms with Crippen molar-refractivity contribution in [2.24, 2.45) is 5.92 Å². The Labute approximate surface area is 113 Å². The molecule has 0 aromatic rings. The second-order valence-corrected chi connectivity index (χ2v) is 5.12. The number of unbranched alkanes of at least 4 members (excludes halogenated alkanes) is 1. The first kappa shape index (κ1) is 15.5. The van der Waals surface area contributed by atoms with Gasteiger partial charge >= 0.3 is 12.0 Å². The predicted molar refractivity (Wildman–Crippen MR) is 69.6 cm³/mol. The van der Waals surface area contributed by atoms with Crippen LogP contribution in [0.1, 0.15) is 45.4 Å². The van der Waals surface area contributed by atoms with Gasteiger partial charge < -0.3 is 10.0 Å².